The highest BCUT2D eigenvalue weighted by atomic mass is 16.5. The van der Waals surface area contributed by atoms with Crippen molar-refractivity contribution >= 4 is 22.5 Å². The van der Waals surface area contributed by atoms with Crippen molar-refractivity contribution in [1.29, 1.82) is 0 Å². The molecule has 6 heteroatoms. The zero-order chi connectivity index (χ0) is 19.9. The molecule has 2 aromatic rings. The highest BCUT2D eigenvalue weighted by Crippen LogP contribution is 2.59. The minimum absolute atomic E-state index is 0.0133. The summed E-state index contributed by atoms with van der Waals surface area (Å²) in [5, 5.41) is 22.2. The Balaban J connectivity index is 2.19. The molecule has 142 valence electrons. The number of carbonyl (C=O) groups excluding carboxylic acids is 2. The molecule has 6 nitrogen and oxygen atoms in total. The van der Waals surface area contributed by atoms with Crippen molar-refractivity contribution < 1.29 is 29.0 Å². The van der Waals surface area contributed by atoms with Gasteiger partial charge in [0.1, 0.15) is 17.3 Å². The second-order valence-electron chi connectivity index (χ2n) is 8.16. The smallest absolute Gasteiger partial charge is 0.231 e. The van der Waals surface area contributed by atoms with Crippen molar-refractivity contribution in [3.63, 3.8) is 0 Å². The number of Topliss-reactive ketones (excluding diaryl/α,β-unsaturated/α-hetero) is 2. The first-order valence-corrected chi connectivity index (χ1v) is 8.91. The molecule has 1 heterocycles. The molecule has 0 spiro atoms. The third kappa shape index (κ3) is 1.95. The first-order chi connectivity index (χ1) is 12.6. The number of aryl methyl sites for hydroxylation is 1. The fourth-order valence-corrected chi connectivity index (χ4v) is 4.95. The van der Waals surface area contributed by atoms with Crippen molar-refractivity contribution in [2.24, 2.45) is 5.41 Å². The van der Waals surface area contributed by atoms with E-state index in [1.807, 2.05) is 6.92 Å². The van der Waals surface area contributed by atoms with E-state index in [0.29, 0.717) is 29.7 Å². The fourth-order valence-electron chi connectivity index (χ4n) is 4.95. The van der Waals surface area contributed by atoms with Crippen molar-refractivity contribution in [3.05, 3.63) is 34.3 Å². The lowest BCUT2D eigenvalue weighted by Crippen LogP contribution is -2.48. The zero-order valence-corrected chi connectivity index (χ0v) is 16.0. The number of benzene rings is 1. The zero-order valence-electron chi connectivity index (χ0n) is 16.0. The maximum Gasteiger partial charge on any atom is 0.231 e. The third-order valence-corrected chi connectivity index (χ3v) is 6.19. The van der Waals surface area contributed by atoms with Crippen LogP contribution in [0, 0.1) is 12.3 Å². The van der Waals surface area contributed by atoms with Crippen molar-refractivity contribution in [1.82, 2.24) is 0 Å². The third-order valence-electron chi connectivity index (χ3n) is 6.19. The van der Waals surface area contributed by atoms with E-state index in [1.54, 1.807) is 26.8 Å². The molecule has 1 aromatic heterocycles. The average molecular weight is 370 g/mol. The number of phenolic OH excluding ortho intramolecular Hbond substituents is 2. The van der Waals surface area contributed by atoms with Crippen molar-refractivity contribution in [3.8, 4) is 11.5 Å². The van der Waals surface area contributed by atoms with E-state index in [2.05, 4.69) is 0 Å². The molecule has 4 rings (SSSR count). The van der Waals surface area contributed by atoms with Gasteiger partial charge in [0.05, 0.1) is 18.1 Å². The molecule has 0 radical (unpaired) electrons. The van der Waals surface area contributed by atoms with Gasteiger partial charge in [0.2, 0.25) is 5.78 Å². The van der Waals surface area contributed by atoms with Crippen LogP contribution in [0.4, 0.5) is 0 Å². The molecule has 0 unspecified atom stereocenters. The van der Waals surface area contributed by atoms with Crippen LogP contribution in [0.1, 0.15) is 55.3 Å². The summed E-state index contributed by atoms with van der Waals surface area (Å²) < 4.78 is 11.0. The number of carbonyl (C=O) groups is 2. The van der Waals surface area contributed by atoms with Gasteiger partial charge in [0.15, 0.2) is 17.1 Å². The monoisotopic (exact) mass is 370 g/mol. The fraction of sp³-hybridized carbons (Fsp3) is 0.429. The van der Waals surface area contributed by atoms with E-state index in [9.17, 15) is 19.8 Å². The summed E-state index contributed by atoms with van der Waals surface area (Å²) >= 11 is 0. The number of hydrogen-bond acceptors (Lipinski definition) is 6. The second kappa shape index (κ2) is 5.15. The van der Waals surface area contributed by atoms with Crippen molar-refractivity contribution in [2.75, 3.05) is 7.11 Å². The van der Waals surface area contributed by atoms with Gasteiger partial charge in [-0.05, 0) is 38.8 Å². The molecule has 0 amide bonds. The molecule has 1 fully saturated rings. The van der Waals surface area contributed by atoms with Crippen LogP contribution < -0.4 is 0 Å². The Bertz CT molecular complexity index is 1070. The van der Waals surface area contributed by atoms with E-state index < -0.39 is 16.6 Å². The number of phenols is 2. The normalized spacial score (nSPS) is 24.2. The van der Waals surface area contributed by atoms with Gasteiger partial charge >= 0.3 is 0 Å². The standard InChI is InChI=1S/C21H22O6/c1-9-8-10-14(23)12-13(16(25)17(10)27-9)21(4)7-6-11(22)20(2,3)19(21)18(26-5)15(12)24/h8,23,25H,6-7H2,1-5H3/t21-/m1/s1. The van der Waals surface area contributed by atoms with Gasteiger partial charge in [-0.25, -0.2) is 0 Å². The first kappa shape index (κ1) is 17.6. The molecule has 27 heavy (non-hydrogen) atoms. The first-order valence-electron chi connectivity index (χ1n) is 8.91. The molecule has 1 aromatic carbocycles. The van der Waals surface area contributed by atoms with Gasteiger partial charge in [-0.3, -0.25) is 9.59 Å². The summed E-state index contributed by atoms with van der Waals surface area (Å²) in [6.45, 7) is 7.12. The van der Waals surface area contributed by atoms with Gasteiger partial charge in [-0.15, -0.1) is 0 Å². The number of ketones is 2. The predicted molar refractivity (Wildman–Crippen MR) is 98.0 cm³/mol. The maximum atomic E-state index is 13.3. The summed E-state index contributed by atoms with van der Waals surface area (Å²) in [4.78, 5) is 25.9. The van der Waals surface area contributed by atoms with E-state index in [4.69, 9.17) is 9.15 Å². The molecule has 1 saturated carbocycles. The average Bonchev–Trinajstić information content (AvgIpc) is 3.00. The van der Waals surface area contributed by atoms with Crippen LogP contribution in [0.5, 0.6) is 11.5 Å². The Kier molecular flexibility index (Phi) is 3.37. The molecule has 2 N–H and O–H groups in total. The molecule has 2 aliphatic carbocycles. The predicted octanol–water partition coefficient (Wildman–Crippen LogP) is 3.90. The van der Waals surface area contributed by atoms with Crippen LogP contribution >= 0.6 is 0 Å². The maximum absolute atomic E-state index is 13.3. The number of ether oxygens (including phenoxy) is 1. The van der Waals surface area contributed by atoms with Crippen LogP contribution in [0.3, 0.4) is 0 Å². The SMILES string of the molecule is COC1=C2C(C)(C)C(=O)CC[C@]2(C)c2c(c(O)c3cc(C)oc3c2O)C1=O. The van der Waals surface area contributed by atoms with Gasteiger partial charge < -0.3 is 19.4 Å². The van der Waals surface area contributed by atoms with Crippen LogP contribution in [0.15, 0.2) is 21.8 Å². The number of methoxy groups -OCH3 is 1. The molecule has 2 aliphatic rings. The lowest BCUT2D eigenvalue weighted by molar-refractivity contribution is -0.127. The Morgan fingerprint density at radius 3 is 2.44 bits per heavy atom. The minimum Gasteiger partial charge on any atom is -0.506 e. The number of hydrogen-bond donors (Lipinski definition) is 2. The second-order valence-corrected chi connectivity index (χ2v) is 8.16. The van der Waals surface area contributed by atoms with Crippen molar-refractivity contribution in [2.45, 2.75) is 46.0 Å². The summed E-state index contributed by atoms with van der Waals surface area (Å²) in [6, 6.07) is 1.58. The Morgan fingerprint density at radius 2 is 1.81 bits per heavy atom. The lowest BCUT2D eigenvalue weighted by atomic mass is 9.54. The molecule has 0 aliphatic heterocycles. The highest BCUT2D eigenvalue weighted by molar-refractivity contribution is 6.17. The Labute approximate surface area is 156 Å². The van der Waals surface area contributed by atoms with E-state index in [-0.39, 0.29) is 39.6 Å². The Morgan fingerprint density at radius 1 is 1.15 bits per heavy atom. The van der Waals surface area contributed by atoms with Crippen LogP contribution in [0.2, 0.25) is 0 Å². The van der Waals surface area contributed by atoms with Crippen LogP contribution in [-0.2, 0) is 14.9 Å². The van der Waals surface area contributed by atoms with Crippen LogP contribution in [0.25, 0.3) is 11.0 Å². The Hall–Kier alpha value is -2.76. The van der Waals surface area contributed by atoms with Gasteiger partial charge in [-0.1, -0.05) is 6.92 Å². The summed E-state index contributed by atoms with van der Waals surface area (Å²) in [6.07, 6.45) is 0.697. The number of furan rings is 1. The summed E-state index contributed by atoms with van der Waals surface area (Å²) in [5.74, 6) is -0.341. The molecule has 0 saturated heterocycles. The number of rotatable bonds is 1. The van der Waals surface area contributed by atoms with Crippen LogP contribution in [-0.4, -0.2) is 28.9 Å². The van der Waals surface area contributed by atoms with E-state index >= 15 is 0 Å². The molecule has 1 atom stereocenters. The van der Waals surface area contributed by atoms with Gasteiger partial charge in [0.25, 0.3) is 0 Å². The molecular weight excluding hydrogens is 348 g/mol. The quantitative estimate of drug-likeness (QED) is 0.739. The number of aromatic hydroxyl groups is 2. The largest absolute Gasteiger partial charge is 0.506 e. The topological polar surface area (TPSA) is 97.0 Å². The summed E-state index contributed by atoms with van der Waals surface area (Å²) in [5.41, 5.74) is -0.752. The number of allylic oxidation sites excluding steroid dienone is 2. The molecule has 0 bridgehead atoms. The van der Waals surface area contributed by atoms with E-state index in [0.717, 1.165) is 0 Å². The highest BCUT2D eigenvalue weighted by Gasteiger charge is 2.56. The molecular formula is C21H22O6. The lowest BCUT2D eigenvalue weighted by Gasteiger charge is -2.48. The number of fused-ring (bicyclic) bond motifs is 4. The summed E-state index contributed by atoms with van der Waals surface area (Å²) in [7, 11) is 1.39. The minimum atomic E-state index is -0.929. The van der Waals surface area contributed by atoms with Gasteiger partial charge in [0, 0.05) is 22.8 Å². The van der Waals surface area contributed by atoms with E-state index in [1.165, 1.54) is 7.11 Å². The van der Waals surface area contributed by atoms with Gasteiger partial charge in [-0.2, -0.15) is 0 Å².